The third kappa shape index (κ3) is 7.60. The van der Waals surface area contributed by atoms with E-state index in [1.54, 1.807) is 11.8 Å². The predicted molar refractivity (Wildman–Crippen MR) is 145 cm³/mol. The molecule has 1 aromatic heterocycles. The zero-order valence-electron chi connectivity index (χ0n) is 19.1. The highest BCUT2D eigenvalue weighted by molar-refractivity contribution is 8.16. The quantitative estimate of drug-likeness (QED) is 0.236. The van der Waals surface area contributed by atoms with Crippen molar-refractivity contribution in [2.24, 2.45) is 0 Å². The number of hydrogen-bond acceptors (Lipinski definition) is 6. The van der Waals surface area contributed by atoms with Crippen LogP contribution in [0.25, 0.3) is 23.1 Å². The molecular weight excluding hydrogens is 488 g/mol. The monoisotopic (exact) mass is 514 g/mol. The zero-order chi connectivity index (χ0) is 24.5. The summed E-state index contributed by atoms with van der Waals surface area (Å²) in [6.45, 7) is 0. The fourth-order valence-corrected chi connectivity index (χ4v) is 6.10. The summed E-state index contributed by atoms with van der Waals surface area (Å²) in [5.74, 6) is -0.839. The molecule has 2 atom stereocenters. The molecule has 0 saturated carbocycles. The Bertz CT molecular complexity index is 1170. The molecule has 178 valence electrons. The molecule has 0 amide bonds. The van der Waals surface area contributed by atoms with Gasteiger partial charge in [-0.3, -0.25) is 9.69 Å². The first-order valence-corrected chi connectivity index (χ1v) is 13.2. The number of carboxylic acid groups (broad SMARTS) is 1. The van der Waals surface area contributed by atoms with Gasteiger partial charge in [0.15, 0.2) is 0 Å². The molecule has 2 aromatic carbocycles. The number of fused-ring (bicyclic) bond motifs is 1. The van der Waals surface area contributed by atoms with Gasteiger partial charge in [-0.1, -0.05) is 54.1 Å². The second-order valence-electron chi connectivity index (χ2n) is 7.91. The van der Waals surface area contributed by atoms with Crippen LogP contribution in [0.15, 0.2) is 54.6 Å². The first kappa shape index (κ1) is 26.3. The summed E-state index contributed by atoms with van der Waals surface area (Å²) < 4.78 is 0. The number of carbonyl (C=O) groups is 2. The standard InChI is InChI=1S/C26H27ClN2O3S2/c1-29(2)25(13-14-30)34-17-33-24(26(31)32)15-20-6-4-3-5-18(20)8-11-22-12-9-19-7-10-21(27)16-23(19)28-22/h3-12,14,16,24-25H,13,15,17H2,1-2H3,(H,31,32). The molecule has 8 heteroatoms. The number of carbonyl (C=O) groups excluding carboxylic acids is 1. The Morgan fingerprint density at radius 2 is 1.88 bits per heavy atom. The lowest BCUT2D eigenvalue weighted by molar-refractivity contribution is -0.136. The minimum Gasteiger partial charge on any atom is -0.480 e. The van der Waals surface area contributed by atoms with Gasteiger partial charge in [0.2, 0.25) is 0 Å². The van der Waals surface area contributed by atoms with Gasteiger partial charge < -0.3 is 9.90 Å². The Labute approximate surface area is 213 Å². The van der Waals surface area contributed by atoms with Crippen LogP contribution in [0.5, 0.6) is 0 Å². The lowest BCUT2D eigenvalue weighted by atomic mass is 10.0. The van der Waals surface area contributed by atoms with Gasteiger partial charge in [-0.15, -0.1) is 23.5 Å². The van der Waals surface area contributed by atoms with Gasteiger partial charge in [-0.05, 0) is 55.9 Å². The van der Waals surface area contributed by atoms with E-state index >= 15 is 0 Å². The molecular formula is C26H27ClN2O3S2. The van der Waals surface area contributed by atoms with E-state index in [-0.39, 0.29) is 5.37 Å². The molecule has 1 N–H and O–H groups in total. The molecule has 0 saturated heterocycles. The van der Waals surface area contributed by atoms with E-state index in [1.165, 1.54) is 11.8 Å². The lowest BCUT2D eigenvalue weighted by Crippen LogP contribution is -2.26. The second kappa shape index (κ2) is 13.0. The second-order valence-corrected chi connectivity index (χ2v) is 11.1. The van der Waals surface area contributed by atoms with Crippen LogP contribution in [0.4, 0.5) is 0 Å². The van der Waals surface area contributed by atoms with Crippen LogP contribution in [0.2, 0.25) is 5.02 Å². The van der Waals surface area contributed by atoms with E-state index in [2.05, 4.69) is 4.98 Å². The summed E-state index contributed by atoms with van der Waals surface area (Å²) in [6, 6.07) is 17.4. The van der Waals surface area contributed by atoms with Crippen LogP contribution >= 0.6 is 35.1 Å². The van der Waals surface area contributed by atoms with Crippen LogP contribution < -0.4 is 0 Å². The molecule has 2 unspecified atom stereocenters. The van der Waals surface area contributed by atoms with Crippen molar-refractivity contribution in [1.82, 2.24) is 9.88 Å². The third-order valence-corrected chi connectivity index (χ3v) is 8.34. The van der Waals surface area contributed by atoms with Gasteiger partial charge >= 0.3 is 5.97 Å². The Hall–Kier alpha value is -2.32. The molecule has 34 heavy (non-hydrogen) atoms. The molecule has 0 bridgehead atoms. The Morgan fingerprint density at radius 1 is 1.12 bits per heavy atom. The summed E-state index contributed by atoms with van der Waals surface area (Å²) in [7, 11) is 3.84. The molecule has 3 rings (SSSR count). The molecule has 0 radical (unpaired) electrons. The van der Waals surface area contributed by atoms with Crippen molar-refractivity contribution in [3.05, 3.63) is 76.4 Å². The fourth-order valence-electron chi connectivity index (χ4n) is 3.38. The first-order chi connectivity index (χ1) is 16.4. The molecule has 0 aliphatic carbocycles. The summed E-state index contributed by atoms with van der Waals surface area (Å²) in [5.41, 5.74) is 3.55. The Balaban J connectivity index is 1.71. The van der Waals surface area contributed by atoms with Crippen molar-refractivity contribution in [3.8, 4) is 0 Å². The average Bonchev–Trinajstić information content (AvgIpc) is 2.81. The van der Waals surface area contributed by atoms with Crippen LogP contribution in [0, 0.1) is 0 Å². The first-order valence-electron chi connectivity index (χ1n) is 10.8. The summed E-state index contributed by atoms with van der Waals surface area (Å²) in [6.07, 6.45) is 5.62. The number of nitrogens with zero attached hydrogens (tertiary/aromatic N) is 2. The number of thioether (sulfide) groups is 2. The van der Waals surface area contributed by atoms with E-state index in [0.29, 0.717) is 22.9 Å². The highest BCUT2D eigenvalue weighted by Gasteiger charge is 2.21. The van der Waals surface area contributed by atoms with E-state index in [4.69, 9.17) is 11.6 Å². The Morgan fingerprint density at radius 3 is 2.62 bits per heavy atom. The average molecular weight is 515 g/mol. The maximum Gasteiger partial charge on any atom is 0.316 e. The summed E-state index contributed by atoms with van der Waals surface area (Å²) in [5, 5.41) is 11.5. The number of pyridine rings is 1. The van der Waals surface area contributed by atoms with Crippen LogP contribution in [0.3, 0.4) is 0 Å². The van der Waals surface area contributed by atoms with Gasteiger partial charge in [-0.2, -0.15) is 0 Å². The highest BCUT2D eigenvalue weighted by atomic mass is 35.5. The van der Waals surface area contributed by atoms with Gasteiger partial charge in [0, 0.05) is 21.9 Å². The largest absolute Gasteiger partial charge is 0.480 e. The molecule has 5 nitrogen and oxygen atoms in total. The molecule has 0 spiro atoms. The smallest absolute Gasteiger partial charge is 0.316 e. The maximum absolute atomic E-state index is 11.9. The number of benzene rings is 2. The molecule has 1 heterocycles. The van der Waals surface area contributed by atoms with Gasteiger partial charge in [0.1, 0.15) is 11.5 Å². The maximum atomic E-state index is 11.9. The SMILES string of the molecule is CN(C)C(CC=O)SCSC(Cc1ccccc1C=Cc1ccc2ccc(Cl)cc2n1)C(=O)O. The van der Waals surface area contributed by atoms with Crippen molar-refractivity contribution in [3.63, 3.8) is 0 Å². The normalized spacial score (nSPS) is 13.4. The van der Waals surface area contributed by atoms with Crippen molar-refractivity contribution in [1.29, 1.82) is 0 Å². The third-order valence-electron chi connectivity index (χ3n) is 5.25. The topological polar surface area (TPSA) is 70.5 Å². The number of aromatic nitrogens is 1. The van der Waals surface area contributed by atoms with Gasteiger partial charge in [-0.25, -0.2) is 4.98 Å². The molecule has 3 aromatic rings. The molecule has 0 fully saturated rings. The molecule has 0 aliphatic rings. The number of aliphatic carboxylic acids is 1. The van der Waals surface area contributed by atoms with E-state index in [0.717, 1.165) is 34.0 Å². The van der Waals surface area contributed by atoms with Crippen molar-refractivity contribution < 1.29 is 14.7 Å². The lowest BCUT2D eigenvalue weighted by Gasteiger charge is -2.22. The zero-order valence-corrected chi connectivity index (χ0v) is 21.4. The number of aldehydes is 1. The predicted octanol–water partition coefficient (Wildman–Crippen LogP) is 5.95. The molecule has 0 aliphatic heterocycles. The van der Waals surface area contributed by atoms with E-state index in [1.807, 2.05) is 85.7 Å². The van der Waals surface area contributed by atoms with Crippen LogP contribution in [-0.4, -0.2) is 57.0 Å². The minimum atomic E-state index is -0.839. The minimum absolute atomic E-state index is 0.0407. The number of hydrogen-bond donors (Lipinski definition) is 1. The summed E-state index contributed by atoms with van der Waals surface area (Å²) >= 11 is 9.08. The number of carboxylic acids is 1. The van der Waals surface area contributed by atoms with Gasteiger partial charge in [0.25, 0.3) is 0 Å². The summed E-state index contributed by atoms with van der Waals surface area (Å²) in [4.78, 5) is 29.5. The van der Waals surface area contributed by atoms with Gasteiger partial charge in [0.05, 0.1) is 16.6 Å². The Kier molecular flexibility index (Phi) is 10.0. The van der Waals surface area contributed by atoms with Crippen LogP contribution in [0.1, 0.15) is 23.2 Å². The van der Waals surface area contributed by atoms with E-state index < -0.39 is 11.2 Å². The fraction of sp³-hybridized carbons (Fsp3) is 0.269. The van der Waals surface area contributed by atoms with Crippen molar-refractivity contribution in [2.45, 2.75) is 23.5 Å². The number of rotatable bonds is 12. The van der Waals surface area contributed by atoms with Crippen LogP contribution in [-0.2, 0) is 16.0 Å². The highest BCUT2D eigenvalue weighted by Crippen LogP contribution is 2.27. The van der Waals surface area contributed by atoms with E-state index in [9.17, 15) is 14.7 Å². The van der Waals surface area contributed by atoms with Crippen molar-refractivity contribution in [2.75, 3.05) is 19.2 Å². The number of halogens is 1. The van der Waals surface area contributed by atoms with Crippen molar-refractivity contribution >= 4 is 70.4 Å².